The third kappa shape index (κ3) is 3.57. The Bertz CT molecular complexity index is 993. The molecule has 1 aliphatic carbocycles. The molecule has 0 unspecified atom stereocenters. The van der Waals surface area contributed by atoms with Gasteiger partial charge in [0.15, 0.2) is 0 Å². The molecule has 4 saturated heterocycles. The van der Waals surface area contributed by atoms with E-state index in [4.69, 9.17) is 0 Å². The Hall–Kier alpha value is -2.67. The number of urea groups is 1. The molecule has 0 radical (unpaired) electrons. The highest BCUT2D eigenvalue weighted by atomic mass is 16.2. The van der Waals surface area contributed by atoms with Crippen LogP contribution in [-0.2, 0) is 9.59 Å². The standard InChI is InChI=1S/C26H32N4O3/c31-23(15-21-25(32)30(26(33)27-21)20-8-2-1-3-9-20)29-12-6-7-17-13-18-14-19(24(17)29)16-28-11-5-4-10-22(18)28/h1-3,8-9,13,18-19,21-22,24H,4-7,10-12,14-16H2,(H,27,33)/t18-,19-,21+,22+,24+/m0/s1. The van der Waals surface area contributed by atoms with Crippen molar-refractivity contribution >= 4 is 23.5 Å². The van der Waals surface area contributed by atoms with Gasteiger partial charge in [0.05, 0.1) is 18.2 Å². The quantitative estimate of drug-likeness (QED) is 0.570. The zero-order chi connectivity index (χ0) is 22.5. The van der Waals surface area contributed by atoms with Crippen LogP contribution in [0.2, 0.25) is 0 Å². The monoisotopic (exact) mass is 448 g/mol. The highest BCUT2D eigenvalue weighted by molar-refractivity contribution is 6.22. The van der Waals surface area contributed by atoms with E-state index >= 15 is 0 Å². The van der Waals surface area contributed by atoms with Gasteiger partial charge in [-0.25, -0.2) is 9.69 Å². The van der Waals surface area contributed by atoms with Gasteiger partial charge >= 0.3 is 6.03 Å². The van der Waals surface area contributed by atoms with E-state index in [0.29, 0.717) is 23.6 Å². The van der Waals surface area contributed by atoms with E-state index in [1.807, 2.05) is 11.0 Å². The molecule has 4 heterocycles. The number of nitrogens with one attached hydrogen (secondary N) is 1. The van der Waals surface area contributed by atoms with Crippen LogP contribution in [0, 0.1) is 11.8 Å². The summed E-state index contributed by atoms with van der Waals surface area (Å²) in [7, 11) is 0. The van der Waals surface area contributed by atoms with E-state index in [1.165, 1.54) is 37.8 Å². The molecule has 0 spiro atoms. The number of rotatable bonds is 3. The minimum Gasteiger partial charge on any atom is -0.336 e. The molecular formula is C26H32N4O3. The average Bonchev–Trinajstić information content (AvgIpc) is 3.11. The molecule has 1 aromatic carbocycles. The van der Waals surface area contributed by atoms with Crippen molar-refractivity contribution < 1.29 is 14.4 Å². The normalized spacial score (nSPS) is 33.8. The van der Waals surface area contributed by atoms with Gasteiger partial charge in [-0.1, -0.05) is 36.3 Å². The number of benzene rings is 1. The lowest BCUT2D eigenvalue weighted by atomic mass is 9.68. The molecule has 0 saturated carbocycles. The van der Waals surface area contributed by atoms with Crippen LogP contribution < -0.4 is 10.2 Å². The van der Waals surface area contributed by atoms with Gasteiger partial charge in [-0.3, -0.25) is 14.5 Å². The second kappa shape index (κ2) is 8.28. The number of carbonyl (C=O) groups is 3. The Kier molecular flexibility index (Phi) is 5.24. The molecule has 2 bridgehead atoms. The van der Waals surface area contributed by atoms with E-state index in [9.17, 15) is 14.4 Å². The number of piperidine rings is 3. The molecule has 5 atom stereocenters. The molecule has 4 amide bonds. The van der Waals surface area contributed by atoms with E-state index < -0.39 is 12.1 Å². The summed E-state index contributed by atoms with van der Waals surface area (Å²) >= 11 is 0. The van der Waals surface area contributed by atoms with Crippen molar-refractivity contribution in [2.75, 3.05) is 24.5 Å². The van der Waals surface area contributed by atoms with E-state index in [1.54, 1.807) is 24.3 Å². The minimum absolute atomic E-state index is 0.0154. The number of amides is 4. The van der Waals surface area contributed by atoms with Crippen LogP contribution in [-0.4, -0.2) is 65.4 Å². The second-order valence-corrected chi connectivity index (χ2v) is 10.3. The molecule has 5 aliphatic rings. The third-order valence-electron chi connectivity index (χ3n) is 8.39. The van der Waals surface area contributed by atoms with Gasteiger partial charge in [0.1, 0.15) is 6.04 Å². The van der Waals surface area contributed by atoms with E-state index in [0.717, 1.165) is 30.8 Å². The highest BCUT2D eigenvalue weighted by Gasteiger charge is 2.48. The SMILES string of the molecule is O=C1N[C@H](CC(=O)N2CCCC3=C[C@H]4C[C@@H](CN5CCCC[C@H]45)[C@@H]32)C(=O)N1c1ccccc1. The van der Waals surface area contributed by atoms with Crippen LogP contribution in [0.25, 0.3) is 0 Å². The maximum absolute atomic E-state index is 13.5. The van der Waals surface area contributed by atoms with Crippen LogP contribution in [0.3, 0.4) is 0 Å². The first-order valence-electron chi connectivity index (χ1n) is 12.5. The summed E-state index contributed by atoms with van der Waals surface area (Å²) < 4.78 is 0. The van der Waals surface area contributed by atoms with Crippen LogP contribution in [0.5, 0.6) is 0 Å². The number of likely N-dealkylation sites (tertiary alicyclic amines) is 1. The van der Waals surface area contributed by atoms with Crippen LogP contribution in [0.4, 0.5) is 10.5 Å². The van der Waals surface area contributed by atoms with Crippen molar-refractivity contribution in [2.45, 2.75) is 63.1 Å². The second-order valence-electron chi connectivity index (χ2n) is 10.3. The molecule has 4 fully saturated rings. The first-order chi connectivity index (χ1) is 16.1. The molecule has 1 N–H and O–H groups in total. The molecule has 7 nitrogen and oxygen atoms in total. The average molecular weight is 449 g/mol. The molecule has 33 heavy (non-hydrogen) atoms. The Labute approximate surface area is 194 Å². The Morgan fingerprint density at radius 1 is 1.06 bits per heavy atom. The van der Waals surface area contributed by atoms with Crippen molar-refractivity contribution in [3.8, 4) is 0 Å². The molecule has 0 aromatic heterocycles. The lowest BCUT2D eigenvalue weighted by Gasteiger charge is -2.54. The van der Waals surface area contributed by atoms with Gasteiger partial charge in [0.25, 0.3) is 5.91 Å². The fraction of sp³-hybridized carbons (Fsp3) is 0.577. The minimum atomic E-state index is -0.797. The number of anilines is 1. The molecule has 6 rings (SSSR count). The van der Waals surface area contributed by atoms with Crippen molar-refractivity contribution in [3.63, 3.8) is 0 Å². The van der Waals surface area contributed by atoms with Crippen LogP contribution in [0.15, 0.2) is 42.0 Å². The summed E-state index contributed by atoms with van der Waals surface area (Å²) in [5.41, 5.74) is 1.98. The number of hydrogen-bond acceptors (Lipinski definition) is 4. The fourth-order valence-corrected chi connectivity index (χ4v) is 7.04. The fourth-order valence-electron chi connectivity index (χ4n) is 7.04. The van der Waals surface area contributed by atoms with Gasteiger partial charge in [-0.15, -0.1) is 0 Å². The lowest BCUT2D eigenvalue weighted by Crippen LogP contribution is -2.60. The third-order valence-corrected chi connectivity index (χ3v) is 8.39. The number of imide groups is 1. The number of fused-ring (bicyclic) bond motifs is 6. The van der Waals surface area contributed by atoms with Crippen LogP contribution in [0.1, 0.15) is 44.9 Å². The largest absolute Gasteiger partial charge is 0.336 e. The highest BCUT2D eigenvalue weighted by Crippen LogP contribution is 2.45. The molecule has 1 aromatic rings. The molecule has 7 heteroatoms. The van der Waals surface area contributed by atoms with Crippen molar-refractivity contribution in [3.05, 3.63) is 42.0 Å². The maximum atomic E-state index is 13.5. The Morgan fingerprint density at radius 2 is 1.91 bits per heavy atom. The van der Waals surface area contributed by atoms with Gasteiger partial charge < -0.3 is 10.2 Å². The predicted octanol–water partition coefficient (Wildman–Crippen LogP) is 2.92. The first-order valence-corrected chi connectivity index (χ1v) is 12.5. The van der Waals surface area contributed by atoms with Gasteiger partial charge in [-0.05, 0) is 62.6 Å². The summed E-state index contributed by atoms with van der Waals surface area (Å²) in [5, 5.41) is 2.74. The summed E-state index contributed by atoms with van der Waals surface area (Å²) in [6, 6.07) is 8.49. The summed E-state index contributed by atoms with van der Waals surface area (Å²) in [6.45, 7) is 3.00. The number of carbonyl (C=O) groups excluding carboxylic acids is 3. The lowest BCUT2D eigenvalue weighted by molar-refractivity contribution is -0.138. The number of hydrogen-bond donors (Lipinski definition) is 1. The zero-order valence-corrected chi connectivity index (χ0v) is 19.0. The number of nitrogens with zero attached hydrogens (tertiary/aromatic N) is 3. The number of para-hydroxylation sites is 1. The molecular weight excluding hydrogens is 416 g/mol. The summed E-state index contributed by atoms with van der Waals surface area (Å²) in [6.07, 6.45) is 9.67. The van der Waals surface area contributed by atoms with E-state index in [-0.39, 0.29) is 24.3 Å². The smallest absolute Gasteiger partial charge is 0.329 e. The van der Waals surface area contributed by atoms with E-state index in [2.05, 4.69) is 16.3 Å². The van der Waals surface area contributed by atoms with Gasteiger partial charge in [0, 0.05) is 19.1 Å². The Morgan fingerprint density at radius 3 is 2.76 bits per heavy atom. The maximum Gasteiger partial charge on any atom is 0.329 e. The first kappa shape index (κ1) is 20.9. The Balaban J connectivity index is 1.19. The summed E-state index contributed by atoms with van der Waals surface area (Å²) in [5.74, 6) is 0.743. The summed E-state index contributed by atoms with van der Waals surface area (Å²) in [4.78, 5) is 44.9. The van der Waals surface area contributed by atoms with Crippen LogP contribution >= 0.6 is 0 Å². The predicted molar refractivity (Wildman–Crippen MR) is 124 cm³/mol. The van der Waals surface area contributed by atoms with Gasteiger partial charge in [0.2, 0.25) is 5.91 Å². The topological polar surface area (TPSA) is 73.0 Å². The molecule has 174 valence electrons. The van der Waals surface area contributed by atoms with Gasteiger partial charge in [-0.2, -0.15) is 0 Å². The van der Waals surface area contributed by atoms with Crippen molar-refractivity contribution in [1.29, 1.82) is 0 Å². The molecule has 4 aliphatic heterocycles. The zero-order valence-electron chi connectivity index (χ0n) is 19.0. The van der Waals surface area contributed by atoms with Crippen molar-refractivity contribution in [2.24, 2.45) is 11.8 Å². The van der Waals surface area contributed by atoms with Crippen molar-refractivity contribution in [1.82, 2.24) is 15.1 Å².